The molecule has 0 amide bonds. The van der Waals surface area contributed by atoms with E-state index in [0.29, 0.717) is 5.88 Å². The molecule has 1 aromatic heterocycles. The van der Waals surface area contributed by atoms with Crippen LogP contribution in [-0.4, -0.2) is 12.0 Å². The van der Waals surface area contributed by atoms with E-state index >= 15 is 0 Å². The molecule has 1 aromatic carbocycles. The molecule has 0 unspecified atom stereocenters. The molecule has 0 aliphatic heterocycles. The maximum atomic E-state index is 5.91. The Morgan fingerprint density at radius 2 is 1.74 bits per heavy atom. The van der Waals surface area contributed by atoms with E-state index < -0.39 is 0 Å². The first-order valence-electron chi connectivity index (χ1n) is 6.38. The van der Waals surface area contributed by atoms with Gasteiger partial charge in [0.2, 0.25) is 0 Å². The molecule has 0 saturated carbocycles. The molecule has 0 atom stereocenters. The van der Waals surface area contributed by atoms with Gasteiger partial charge < -0.3 is 4.90 Å². The summed E-state index contributed by atoms with van der Waals surface area (Å²) in [6.45, 7) is 4.94. The molecule has 0 radical (unpaired) electrons. The lowest BCUT2D eigenvalue weighted by molar-refractivity contribution is 0.889. The first-order valence-corrected chi connectivity index (χ1v) is 6.92. The molecule has 3 heteroatoms. The van der Waals surface area contributed by atoms with Gasteiger partial charge in [0.15, 0.2) is 0 Å². The van der Waals surface area contributed by atoms with Crippen LogP contribution in [0.15, 0.2) is 36.4 Å². The summed E-state index contributed by atoms with van der Waals surface area (Å²) in [6, 6.07) is 12.7. The third kappa shape index (κ3) is 3.71. The molecule has 0 aliphatic carbocycles. The van der Waals surface area contributed by atoms with E-state index in [4.69, 9.17) is 11.6 Å². The number of aromatic nitrogens is 1. The zero-order valence-electron chi connectivity index (χ0n) is 11.7. The van der Waals surface area contributed by atoms with Crippen LogP contribution in [-0.2, 0) is 12.4 Å². The average Bonchev–Trinajstić information content (AvgIpc) is 2.40. The first-order chi connectivity index (χ1) is 9.08. The second-order valence-corrected chi connectivity index (χ2v) is 5.22. The third-order valence-electron chi connectivity index (χ3n) is 3.09. The highest BCUT2D eigenvalue weighted by molar-refractivity contribution is 6.17. The highest BCUT2D eigenvalue weighted by Crippen LogP contribution is 2.17. The standard InChI is InChI=1S/C16H19ClN2/c1-12-4-6-14(7-5-12)11-19(3)16-9-15(10-17)8-13(2)18-16/h4-9H,10-11H2,1-3H3. The fraction of sp³-hybridized carbons (Fsp3) is 0.312. The Balaban J connectivity index is 2.17. The molecule has 100 valence electrons. The Kier molecular flexibility index (Phi) is 4.43. The van der Waals surface area contributed by atoms with Crippen molar-refractivity contribution in [1.29, 1.82) is 0 Å². The van der Waals surface area contributed by atoms with E-state index in [-0.39, 0.29) is 0 Å². The molecule has 0 aliphatic rings. The summed E-state index contributed by atoms with van der Waals surface area (Å²) in [6.07, 6.45) is 0. The van der Waals surface area contributed by atoms with Gasteiger partial charge >= 0.3 is 0 Å². The molecule has 2 nitrogen and oxygen atoms in total. The molecule has 0 N–H and O–H groups in total. The number of alkyl halides is 1. The van der Waals surface area contributed by atoms with Crippen LogP contribution in [0.1, 0.15) is 22.4 Å². The molecule has 0 saturated heterocycles. The molecular weight excluding hydrogens is 256 g/mol. The minimum Gasteiger partial charge on any atom is -0.355 e. The number of hydrogen-bond acceptors (Lipinski definition) is 2. The highest BCUT2D eigenvalue weighted by atomic mass is 35.5. The number of halogens is 1. The van der Waals surface area contributed by atoms with Gasteiger partial charge in [0.1, 0.15) is 5.82 Å². The SMILES string of the molecule is Cc1ccc(CN(C)c2cc(CCl)cc(C)n2)cc1. The quantitative estimate of drug-likeness (QED) is 0.781. The van der Waals surface area contributed by atoms with E-state index in [1.807, 2.05) is 19.1 Å². The van der Waals surface area contributed by atoms with Crippen molar-refractivity contribution in [2.45, 2.75) is 26.3 Å². The molecule has 0 bridgehead atoms. The lowest BCUT2D eigenvalue weighted by atomic mass is 10.1. The summed E-state index contributed by atoms with van der Waals surface area (Å²) in [7, 11) is 2.06. The van der Waals surface area contributed by atoms with Crippen LogP contribution in [0, 0.1) is 13.8 Å². The summed E-state index contributed by atoms with van der Waals surface area (Å²) in [5.74, 6) is 1.49. The Labute approximate surface area is 120 Å². The van der Waals surface area contributed by atoms with Gasteiger partial charge in [-0.2, -0.15) is 0 Å². The molecule has 2 rings (SSSR count). The maximum Gasteiger partial charge on any atom is 0.129 e. The van der Waals surface area contributed by atoms with Crippen molar-refractivity contribution in [3.63, 3.8) is 0 Å². The topological polar surface area (TPSA) is 16.1 Å². The second kappa shape index (κ2) is 6.07. The summed E-state index contributed by atoms with van der Waals surface area (Å²) in [5, 5.41) is 0. The molecule has 1 heterocycles. The number of pyridine rings is 1. The Morgan fingerprint density at radius 3 is 2.37 bits per heavy atom. The second-order valence-electron chi connectivity index (χ2n) is 4.95. The lowest BCUT2D eigenvalue weighted by Gasteiger charge is -2.19. The highest BCUT2D eigenvalue weighted by Gasteiger charge is 2.06. The van der Waals surface area contributed by atoms with Crippen LogP contribution in [0.25, 0.3) is 0 Å². The van der Waals surface area contributed by atoms with Crippen molar-refractivity contribution >= 4 is 17.4 Å². The zero-order valence-corrected chi connectivity index (χ0v) is 12.4. The van der Waals surface area contributed by atoms with E-state index in [1.54, 1.807) is 0 Å². The first kappa shape index (κ1) is 13.9. The van der Waals surface area contributed by atoms with Crippen LogP contribution >= 0.6 is 11.6 Å². The van der Waals surface area contributed by atoms with Crippen molar-refractivity contribution in [3.8, 4) is 0 Å². The summed E-state index contributed by atoms with van der Waals surface area (Å²) in [4.78, 5) is 6.71. The number of rotatable bonds is 4. The van der Waals surface area contributed by atoms with Crippen molar-refractivity contribution in [2.75, 3.05) is 11.9 Å². The van der Waals surface area contributed by atoms with Gasteiger partial charge in [-0.3, -0.25) is 0 Å². The van der Waals surface area contributed by atoms with Crippen molar-refractivity contribution in [2.24, 2.45) is 0 Å². The molecule has 0 fully saturated rings. The number of anilines is 1. The van der Waals surface area contributed by atoms with Crippen LogP contribution in [0.3, 0.4) is 0 Å². The Hall–Kier alpha value is -1.54. The van der Waals surface area contributed by atoms with Crippen LogP contribution in [0.2, 0.25) is 0 Å². The van der Waals surface area contributed by atoms with E-state index in [0.717, 1.165) is 23.6 Å². The molecule has 2 aromatic rings. The Morgan fingerprint density at radius 1 is 1.05 bits per heavy atom. The van der Waals surface area contributed by atoms with Gasteiger partial charge in [0.25, 0.3) is 0 Å². The van der Waals surface area contributed by atoms with E-state index in [1.165, 1.54) is 11.1 Å². The van der Waals surface area contributed by atoms with Gasteiger partial charge in [-0.05, 0) is 37.1 Å². The van der Waals surface area contributed by atoms with Crippen LogP contribution in [0.4, 0.5) is 5.82 Å². The van der Waals surface area contributed by atoms with Gasteiger partial charge in [-0.1, -0.05) is 29.8 Å². The van der Waals surface area contributed by atoms with Crippen LogP contribution < -0.4 is 4.90 Å². The largest absolute Gasteiger partial charge is 0.355 e. The van der Waals surface area contributed by atoms with Gasteiger partial charge in [-0.25, -0.2) is 4.98 Å². The number of benzene rings is 1. The Bertz CT molecular complexity index is 549. The summed E-state index contributed by atoms with van der Waals surface area (Å²) < 4.78 is 0. The van der Waals surface area contributed by atoms with E-state index in [9.17, 15) is 0 Å². The fourth-order valence-corrected chi connectivity index (χ4v) is 2.20. The number of nitrogens with zero attached hydrogens (tertiary/aromatic N) is 2. The maximum absolute atomic E-state index is 5.91. The van der Waals surface area contributed by atoms with Gasteiger partial charge in [-0.15, -0.1) is 11.6 Å². The fourth-order valence-electron chi connectivity index (χ4n) is 2.04. The third-order valence-corrected chi connectivity index (χ3v) is 3.39. The molecule has 0 spiro atoms. The zero-order chi connectivity index (χ0) is 13.8. The van der Waals surface area contributed by atoms with Crippen molar-refractivity contribution in [3.05, 3.63) is 58.8 Å². The summed E-state index contributed by atoms with van der Waals surface area (Å²) >= 11 is 5.91. The van der Waals surface area contributed by atoms with Crippen molar-refractivity contribution in [1.82, 2.24) is 4.98 Å². The van der Waals surface area contributed by atoms with Gasteiger partial charge in [0.05, 0.1) is 0 Å². The number of hydrogen-bond donors (Lipinski definition) is 0. The molecular formula is C16H19ClN2. The predicted octanol–water partition coefficient (Wildman–Crippen LogP) is 4.07. The minimum atomic E-state index is 0.523. The number of aryl methyl sites for hydroxylation is 2. The monoisotopic (exact) mass is 274 g/mol. The smallest absolute Gasteiger partial charge is 0.129 e. The normalized spacial score (nSPS) is 10.5. The van der Waals surface area contributed by atoms with Gasteiger partial charge in [0, 0.05) is 25.2 Å². The predicted molar refractivity (Wildman–Crippen MR) is 81.8 cm³/mol. The minimum absolute atomic E-state index is 0.523. The lowest BCUT2D eigenvalue weighted by Crippen LogP contribution is -2.18. The summed E-state index contributed by atoms with van der Waals surface area (Å²) in [5.41, 5.74) is 4.68. The molecule has 19 heavy (non-hydrogen) atoms. The van der Waals surface area contributed by atoms with Crippen molar-refractivity contribution < 1.29 is 0 Å². The van der Waals surface area contributed by atoms with E-state index in [2.05, 4.69) is 48.1 Å². The average molecular weight is 275 g/mol. The van der Waals surface area contributed by atoms with Crippen LogP contribution in [0.5, 0.6) is 0 Å².